The van der Waals surface area contributed by atoms with E-state index in [-0.39, 0.29) is 0 Å². The molecule has 160 valence electrons. The largest absolute Gasteiger partial charge is 0.496 e. The number of rotatable bonds is 6. The van der Waals surface area contributed by atoms with Crippen molar-refractivity contribution < 1.29 is 18.9 Å². The van der Waals surface area contributed by atoms with Crippen LogP contribution >= 0.6 is 0 Å². The number of pyridine rings is 1. The quantitative estimate of drug-likeness (QED) is 0.636. The molecule has 0 aliphatic carbocycles. The second-order valence-electron chi connectivity index (χ2n) is 7.20. The van der Waals surface area contributed by atoms with Crippen molar-refractivity contribution in [3.63, 3.8) is 0 Å². The highest BCUT2D eigenvalue weighted by Crippen LogP contribution is 2.36. The number of ether oxygens (including phenoxy) is 4. The molecule has 0 radical (unpaired) electrons. The Hall–Kier alpha value is -3.51. The van der Waals surface area contributed by atoms with E-state index in [1.54, 1.807) is 14.2 Å². The summed E-state index contributed by atoms with van der Waals surface area (Å²) < 4.78 is 22.3. The molecule has 0 unspecified atom stereocenters. The van der Waals surface area contributed by atoms with E-state index < -0.39 is 0 Å². The summed E-state index contributed by atoms with van der Waals surface area (Å²) in [6, 6.07) is 9.90. The summed E-state index contributed by atoms with van der Waals surface area (Å²) in [7, 11) is 3.26. The molecule has 0 fully saturated rings. The Labute approximate surface area is 182 Å². The van der Waals surface area contributed by atoms with Gasteiger partial charge in [0.1, 0.15) is 24.7 Å². The lowest BCUT2D eigenvalue weighted by Crippen LogP contribution is -2.15. The molecule has 1 aliphatic heterocycles. The third kappa shape index (κ3) is 4.20. The van der Waals surface area contributed by atoms with Crippen LogP contribution in [-0.4, -0.2) is 32.4 Å². The molecular weight excluding hydrogens is 392 g/mol. The van der Waals surface area contributed by atoms with E-state index >= 15 is 0 Å². The highest BCUT2D eigenvalue weighted by Gasteiger charge is 2.14. The minimum atomic E-state index is 0.344. The molecule has 1 aromatic heterocycles. The van der Waals surface area contributed by atoms with Crippen molar-refractivity contribution in [3.8, 4) is 34.1 Å². The smallest absolute Gasteiger partial charge is 0.161 e. The van der Waals surface area contributed by atoms with Gasteiger partial charge in [-0.15, -0.1) is 0 Å². The van der Waals surface area contributed by atoms with E-state index in [0.717, 1.165) is 44.9 Å². The molecule has 31 heavy (non-hydrogen) atoms. The fraction of sp³-hybridized carbons (Fsp3) is 0.240. The van der Waals surface area contributed by atoms with E-state index in [9.17, 15) is 0 Å². The first-order valence-electron chi connectivity index (χ1n) is 10.1. The van der Waals surface area contributed by atoms with Gasteiger partial charge in [0.25, 0.3) is 0 Å². The zero-order valence-corrected chi connectivity index (χ0v) is 18.0. The number of nitrogens with two attached hydrogens (primary N) is 1. The van der Waals surface area contributed by atoms with Gasteiger partial charge in [-0.2, -0.15) is 0 Å². The number of hydrogen-bond acceptors (Lipinski definition) is 6. The van der Waals surface area contributed by atoms with Crippen molar-refractivity contribution in [2.24, 2.45) is 5.73 Å². The van der Waals surface area contributed by atoms with Crippen LogP contribution < -0.4 is 24.7 Å². The summed E-state index contributed by atoms with van der Waals surface area (Å²) in [5.74, 6) is 2.96. The Kier molecular flexibility index (Phi) is 6.09. The molecular formula is C25H26N2O4. The Morgan fingerprint density at radius 2 is 1.68 bits per heavy atom. The van der Waals surface area contributed by atoms with Crippen molar-refractivity contribution in [2.75, 3.05) is 27.4 Å². The monoisotopic (exact) mass is 418 g/mol. The molecule has 2 heterocycles. The van der Waals surface area contributed by atoms with Gasteiger partial charge in [0.2, 0.25) is 0 Å². The number of benzene rings is 2. The van der Waals surface area contributed by atoms with Crippen LogP contribution in [0.15, 0.2) is 42.7 Å². The SMILES string of the molecule is COc1cc(/C=C/c2cncc(-c3ccc4c(c3)OCCO4)c2C)cc(OC)c1CN. The fourth-order valence-corrected chi connectivity index (χ4v) is 3.70. The first-order chi connectivity index (χ1) is 15.1. The van der Waals surface area contributed by atoms with Gasteiger partial charge < -0.3 is 24.7 Å². The minimum absolute atomic E-state index is 0.344. The molecule has 0 atom stereocenters. The Morgan fingerprint density at radius 1 is 0.968 bits per heavy atom. The van der Waals surface area contributed by atoms with Crippen LogP contribution in [0.5, 0.6) is 23.0 Å². The lowest BCUT2D eigenvalue weighted by atomic mass is 9.98. The molecule has 0 bridgehead atoms. The van der Waals surface area contributed by atoms with Gasteiger partial charge in [-0.05, 0) is 53.4 Å². The standard InChI is InChI=1S/C25H26N2O4/c1-16-19(5-4-17-10-23(28-2)20(13-26)24(11-17)29-3)14-27-15-21(16)18-6-7-22-25(12-18)31-9-8-30-22/h4-7,10-12,14-15H,8-9,13,26H2,1-3H3/b5-4+. The van der Waals surface area contributed by atoms with Crippen molar-refractivity contribution in [3.05, 3.63) is 65.0 Å². The summed E-state index contributed by atoms with van der Waals surface area (Å²) in [4.78, 5) is 4.45. The summed E-state index contributed by atoms with van der Waals surface area (Å²) in [5, 5.41) is 0. The molecule has 6 heteroatoms. The molecule has 0 spiro atoms. The average Bonchev–Trinajstić information content (AvgIpc) is 2.82. The minimum Gasteiger partial charge on any atom is -0.496 e. The third-order valence-corrected chi connectivity index (χ3v) is 5.40. The van der Waals surface area contributed by atoms with Gasteiger partial charge >= 0.3 is 0 Å². The maximum atomic E-state index is 5.85. The molecule has 0 saturated carbocycles. The van der Waals surface area contributed by atoms with E-state index in [0.29, 0.717) is 31.3 Å². The van der Waals surface area contributed by atoms with Crippen LogP contribution in [0.3, 0.4) is 0 Å². The summed E-state index contributed by atoms with van der Waals surface area (Å²) >= 11 is 0. The predicted molar refractivity (Wildman–Crippen MR) is 122 cm³/mol. The third-order valence-electron chi connectivity index (χ3n) is 5.40. The second-order valence-corrected chi connectivity index (χ2v) is 7.20. The van der Waals surface area contributed by atoms with Crippen LogP contribution in [0.1, 0.15) is 22.3 Å². The Bertz CT molecular complexity index is 1100. The first-order valence-corrected chi connectivity index (χ1v) is 10.1. The number of hydrogen-bond donors (Lipinski definition) is 1. The van der Waals surface area contributed by atoms with Crippen LogP contribution in [0.2, 0.25) is 0 Å². The average molecular weight is 418 g/mol. The maximum Gasteiger partial charge on any atom is 0.161 e. The second kappa shape index (κ2) is 9.10. The lowest BCUT2D eigenvalue weighted by molar-refractivity contribution is 0.171. The molecule has 0 saturated heterocycles. The highest BCUT2D eigenvalue weighted by atomic mass is 16.6. The molecule has 2 N–H and O–H groups in total. The number of nitrogens with zero attached hydrogens (tertiary/aromatic N) is 1. The molecule has 6 nitrogen and oxygen atoms in total. The van der Waals surface area contributed by atoms with E-state index in [1.807, 2.05) is 54.9 Å². The van der Waals surface area contributed by atoms with Gasteiger partial charge in [0.05, 0.1) is 14.2 Å². The highest BCUT2D eigenvalue weighted by molar-refractivity contribution is 5.78. The molecule has 4 rings (SSSR count). The molecule has 2 aromatic carbocycles. The van der Waals surface area contributed by atoms with E-state index in [1.165, 1.54) is 0 Å². The van der Waals surface area contributed by atoms with Gasteiger partial charge in [-0.25, -0.2) is 0 Å². The topological polar surface area (TPSA) is 75.8 Å². The number of methoxy groups -OCH3 is 2. The zero-order chi connectivity index (χ0) is 21.8. The van der Waals surface area contributed by atoms with Gasteiger partial charge in [0.15, 0.2) is 11.5 Å². The summed E-state index contributed by atoms with van der Waals surface area (Å²) in [6.07, 6.45) is 7.79. The maximum absolute atomic E-state index is 5.85. The predicted octanol–water partition coefficient (Wildman–Crippen LogP) is 4.47. The summed E-state index contributed by atoms with van der Waals surface area (Å²) in [5.41, 5.74) is 11.9. The Morgan fingerprint density at radius 3 is 2.35 bits per heavy atom. The molecule has 0 amide bonds. The fourth-order valence-electron chi connectivity index (χ4n) is 3.70. The van der Waals surface area contributed by atoms with Crippen LogP contribution in [0.4, 0.5) is 0 Å². The summed E-state index contributed by atoms with van der Waals surface area (Å²) in [6.45, 7) is 3.57. The van der Waals surface area contributed by atoms with Crippen molar-refractivity contribution in [1.82, 2.24) is 4.98 Å². The van der Waals surface area contributed by atoms with Gasteiger partial charge in [-0.3, -0.25) is 4.98 Å². The Balaban J connectivity index is 1.67. The number of aromatic nitrogens is 1. The van der Waals surface area contributed by atoms with E-state index in [2.05, 4.69) is 11.9 Å². The van der Waals surface area contributed by atoms with Crippen molar-refractivity contribution >= 4 is 12.2 Å². The van der Waals surface area contributed by atoms with Crippen molar-refractivity contribution in [2.45, 2.75) is 13.5 Å². The first kappa shape index (κ1) is 20.8. The lowest BCUT2D eigenvalue weighted by Gasteiger charge is -2.19. The molecule has 3 aromatic rings. The zero-order valence-electron chi connectivity index (χ0n) is 18.0. The van der Waals surface area contributed by atoms with E-state index in [4.69, 9.17) is 24.7 Å². The van der Waals surface area contributed by atoms with Gasteiger partial charge in [-0.1, -0.05) is 18.2 Å². The van der Waals surface area contributed by atoms with Crippen molar-refractivity contribution in [1.29, 1.82) is 0 Å². The molecule has 1 aliphatic rings. The van der Waals surface area contributed by atoms with Crippen LogP contribution in [-0.2, 0) is 6.54 Å². The number of fused-ring (bicyclic) bond motifs is 1. The normalized spacial score (nSPS) is 12.8. The van der Waals surface area contributed by atoms with Crippen LogP contribution in [0.25, 0.3) is 23.3 Å². The van der Waals surface area contributed by atoms with Crippen LogP contribution in [0, 0.1) is 6.92 Å². The van der Waals surface area contributed by atoms with Gasteiger partial charge in [0, 0.05) is 30.1 Å².